The zero-order chi connectivity index (χ0) is 19.4. The lowest BCUT2D eigenvalue weighted by Gasteiger charge is -2.14. The Morgan fingerprint density at radius 3 is 2.44 bits per heavy atom. The number of aromatic nitrogens is 1. The second-order valence-corrected chi connectivity index (χ2v) is 6.81. The summed E-state index contributed by atoms with van der Waals surface area (Å²) in [5, 5.41) is 6.91. The molecule has 3 rings (SSSR count). The molecule has 3 aromatic rings. The smallest absolute Gasteiger partial charge is 0.255 e. The van der Waals surface area contributed by atoms with Crippen LogP contribution in [0.3, 0.4) is 0 Å². The quantitative estimate of drug-likeness (QED) is 0.649. The molecule has 5 heteroatoms. The fraction of sp³-hybridized carbons (Fsp3) is 0.273. The summed E-state index contributed by atoms with van der Waals surface area (Å²) >= 11 is 0. The van der Waals surface area contributed by atoms with Crippen molar-refractivity contribution in [2.75, 3.05) is 5.32 Å². The Balaban J connectivity index is 1.66. The van der Waals surface area contributed by atoms with Gasteiger partial charge in [-0.3, -0.25) is 4.79 Å². The third kappa shape index (κ3) is 4.37. The van der Waals surface area contributed by atoms with Gasteiger partial charge in [-0.05, 0) is 55.7 Å². The topological polar surface area (TPSA) is 64.4 Å². The number of anilines is 1. The van der Waals surface area contributed by atoms with Gasteiger partial charge in [-0.25, -0.2) is 0 Å². The molecule has 5 nitrogen and oxygen atoms in total. The molecular formula is C22H24N2O3. The molecule has 0 spiro atoms. The number of carbonyl (C=O) groups excluding carboxylic acids is 1. The first-order valence-corrected chi connectivity index (χ1v) is 9.00. The number of benzene rings is 2. The van der Waals surface area contributed by atoms with Gasteiger partial charge in [0.15, 0.2) is 0 Å². The van der Waals surface area contributed by atoms with Crippen LogP contribution < -0.4 is 10.1 Å². The van der Waals surface area contributed by atoms with Crippen molar-refractivity contribution in [3.63, 3.8) is 0 Å². The van der Waals surface area contributed by atoms with E-state index in [0.29, 0.717) is 23.8 Å². The van der Waals surface area contributed by atoms with Gasteiger partial charge in [0.1, 0.15) is 18.1 Å². The average Bonchev–Trinajstić information content (AvgIpc) is 2.98. The number of para-hydroxylation sites is 1. The summed E-state index contributed by atoms with van der Waals surface area (Å²) in [6.45, 7) is 8.35. The maximum Gasteiger partial charge on any atom is 0.255 e. The summed E-state index contributed by atoms with van der Waals surface area (Å²) in [6, 6.07) is 15.0. The summed E-state index contributed by atoms with van der Waals surface area (Å²) in [7, 11) is 0. The number of amides is 1. The Hall–Kier alpha value is -3.08. The van der Waals surface area contributed by atoms with Gasteiger partial charge < -0.3 is 14.6 Å². The van der Waals surface area contributed by atoms with Crippen LogP contribution in [0, 0.1) is 13.8 Å². The molecule has 0 fully saturated rings. The molecule has 1 N–H and O–H groups in total. The first kappa shape index (κ1) is 18.7. The fourth-order valence-corrected chi connectivity index (χ4v) is 2.87. The zero-order valence-electron chi connectivity index (χ0n) is 16.1. The van der Waals surface area contributed by atoms with Crippen LogP contribution >= 0.6 is 0 Å². The highest BCUT2D eigenvalue weighted by Crippen LogP contribution is 2.24. The average molecular weight is 364 g/mol. The minimum atomic E-state index is -0.139. The number of hydrogen-bond acceptors (Lipinski definition) is 4. The lowest BCUT2D eigenvalue weighted by molar-refractivity contribution is 0.102. The molecule has 1 amide bonds. The standard InChI is InChI=1S/C22H24N2O3/c1-14(2)19-7-5-6-8-21(19)23-22(25)17-9-11-18(12-10-17)26-13-20-15(3)24-27-16(20)4/h5-12,14H,13H2,1-4H3,(H,23,25). The van der Waals surface area contributed by atoms with Gasteiger partial charge in [-0.1, -0.05) is 37.2 Å². The minimum absolute atomic E-state index is 0.139. The van der Waals surface area contributed by atoms with E-state index in [9.17, 15) is 4.79 Å². The zero-order valence-corrected chi connectivity index (χ0v) is 16.1. The lowest BCUT2D eigenvalue weighted by atomic mass is 10.0. The second kappa shape index (κ2) is 8.08. The largest absolute Gasteiger partial charge is 0.489 e. The summed E-state index contributed by atoms with van der Waals surface area (Å²) in [5.41, 5.74) is 4.31. The van der Waals surface area contributed by atoms with E-state index in [0.717, 1.165) is 28.3 Å². The number of carbonyl (C=O) groups is 1. The Kier molecular flexibility index (Phi) is 5.60. The van der Waals surface area contributed by atoms with Gasteiger partial charge >= 0.3 is 0 Å². The Labute approximate surface area is 159 Å². The molecule has 0 aliphatic carbocycles. The highest BCUT2D eigenvalue weighted by Gasteiger charge is 2.12. The van der Waals surface area contributed by atoms with Crippen LogP contribution in [0.5, 0.6) is 5.75 Å². The molecule has 0 saturated carbocycles. The monoisotopic (exact) mass is 364 g/mol. The van der Waals surface area contributed by atoms with Crippen LogP contribution in [0.4, 0.5) is 5.69 Å². The number of hydrogen-bond donors (Lipinski definition) is 1. The van der Waals surface area contributed by atoms with Crippen LogP contribution in [-0.2, 0) is 6.61 Å². The third-order valence-corrected chi connectivity index (χ3v) is 4.51. The lowest BCUT2D eigenvalue weighted by Crippen LogP contribution is -2.13. The molecule has 1 aromatic heterocycles. The van der Waals surface area contributed by atoms with Crippen molar-refractivity contribution in [1.82, 2.24) is 5.16 Å². The van der Waals surface area contributed by atoms with Gasteiger partial charge in [0.25, 0.3) is 5.91 Å². The Morgan fingerprint density at radius 1 is 1.11 bits per heavy atom. The van der Waals surface area contributed by atoms with Crippen molar-refractivity contribution in [2.45, 2.75) is 40.2 Å². The fourth-order valence-electron chi connectivity index (χ4n) is 2.87. The van der Waals surface area contributed by atoms with E-state index in [-0.39, 0.29) is 5.91 Å². The van der Waals surface area contributed by atoms with Crippen molar-refractivity contribution in [1.29, 1.82) is 0 Å². The van der Waals surface area contributed by atoms with E-state index in [1.165, 1.54) is 0 Å². The minimum Gasteiger partial charge on any atom is -0.489 e. The van der Waals surface area contributed by atoms with E-state index in [1.54, 1.807) is 24.3 Å². The molecule has 140 valence electrons. The van der Waals surface area contributed by atoms with E-state index >= 15 is 0 Å². The van der Waals surface area contributed by atoms with Crippen LogP contribution in [0.2, 0.25) is 0 Å². The number of aryl methyl sites for hydroxylation is 2. The van der Waals surface area contributed by atoms with Crippen molar-refractivity contribution in [3.8, 4) is 5.75 Å². The molecule has 0 saturated heterocycles. The summed E-state index contributed by atoms with van der Waals surface area (Å²) < 4.78 is 10.9. The number of rotatable bonds is 6. The summed E-state index contributed by atoms with van der Waals surface area (Å²) in [5.74, 6) is 1.64. The molecule has 0 aliphatic heterocycles. The molecule has 0 aliphatic rings. The maximum absolute atomic E-state index is 12.6. The molecule has 0 unspecified atom stereocenters. The number of nitrogens with one attached hydrogen (secondary N) is 1. The first-order valence-electron chi connectivity index (χ1n) is 9.00. The van der Waals surface area contributed by atoms with E-state index in [1.807, 2.05) is 38.1 Å². The number of ether oxygens (including phenoxy) is 1. The summed E-state index contributed by atoms with van der Waals surface area (Å²) in [4.78, 5) is 12.6. The molecule has 2 aromatic carbocycles. The maximum atomic E-state index is 12.6. The predicted molar refractivity (Wildman–Crippen MR) is 105 cm³/mol. The van der Waals surface area contributed by atoms with Crippen LogP contribution in [-0.4, -0.2) is 11.1 Å². The molecule has 27 heavy (non-hydrogen) atoms. The van der Waals surface area contributed by atoms with Gasteiger partial charge in [-0.15, -0.1) is 0 Å². The van der Waals surface area contributed by atoms with E-state index < -0.39 is 0 Å². The van der Waals surface area contributed by atoms with Crippen LogP contribution in [0.25, 0.3) is 0 Å². The summed E-state index contributed by atoms with van der Waals surface area (Å²) in [6.07, 6.45) is 0. The molecule has 0 bridgehead atoms. The van der Waals surface area contributed by atoms with Crippen molar-refractivity contribution < 1.29 is 14.1 Å². The highest BCUT2D eigenvalue weighted by atomic mass is 16.5. The Bertz CT molecular complexity index is 907. The third-order valence-electron chi connectivity index (χ3n) is 4.51. The van der Waals surface area contributed by atoms with E-state index in [2.05, 4.69) is 24.3 Å². The first-order chi connectivity index (χ1) is 13.0. The molecule has 1 heterocycles. The predicted octanol–water partition coefficient (Wildman–Crippen LogP) is 5.25. The molecular weight excluding hydrogens is 340 g/mol. The van der Waals surface area contributed by atoms with Gasteiger partial charge in [-0.2, -0.15) is 0 Å². The molecule has 0 radical (unpaired) electrons. The highest BCUT2D eigenvalue weighted by molar-refractivity contribution is 6.04. The van der Waals surface area contributed by atoms with Gasteiger partial charge in [0, 0.05) is 11.3 Å². The normalized spacial score (nSPS) is 10.9. The van der Waals surface area contributed by atoms with E-state index in [4.69, 9.17) is 9.26 Å². The van der Waals surface area contributed by atoms with Gasteiger partial charge in [0.05, 0.1) is 11.3 Å². The van der Waals surface area contributed by atoms with Crippen molar-refractivity contribution in [2.24, 2.45) is 0 Å². The number of nitrogens with zero attached hydrogens (tertiary/aromatic N) is 1. The molecule has 0 atom stereocenters. The second-order valence-electron chi connectivity index (χ2n) is 6.81. The van der Waals surface area contributed by atoms with Crippen LogP contribution in [0.15, 0.2) is 53.1 Å². The van der Waals surface area contributed by atoms with Gasteiger partial charge in [0.2, 0.25) is 0 Å². The van der Waals surface area contributed by atoms with Crippen molar-refractivity contribution in [3.05, 3.63) is 76.7 Å². The SMILES string of the molecule is Cc1noc(C)c1COc1ccc(C(=O)Nc2ccccc2C(C)C)cc1. The Morgan fingerprint density at radius 2 is 1.81 bits per heavy atom. The van der Waals surface area contributed by atoms with Crippen LogP contribution in [0.1, 0.15) is 52.7 Å². The van der Waals surface area contributed by atoms with Crippen molar-refractivity contribution >= 4 is 11.6 Å².